The van der Waals surface area contributed by atoms with E-state index in [4.69, 9.17) is 16.3 Å². The Labute approximate surface area is 191 Å². The van der Waals surface area contributed by atoms with Gasteiger partial charge >= 0.3 is 6.03 Å². The second kappa shape index (κ2) is 9.50. The second-order valence-electron chi connectivity index (χ2n) is 7.12. The van der Waals surface area contributed by atoms with Gasteiger partial charge in [-0.15, -0.1) is 0 Å². The smallest absolute Gasteiger partial charge is 0.326 e. The highest BCUT2D eigenvalue weighted by Gasteiger charge is 2.25. The normalized spacial score (nSPS) is 11.1. The van der Waals surface area contributed by atoms with Gasteiger partial charge in [0.25, 0.3) is 11.8 Å². The van der Waals surface area contributed by atoms with Crippen LogP contribution in [0.3, 0.4) is 0 Å². The summed E-state index contributed by atoms with van der Waals surface area (Å²) in [5.74, 6) is -5.79. The molecule has 0 aliphatic heterocycles. The van der Waals surface area contributed by atoms with E-state index in [1.54, 1.807) is 0 Å². The minimum absolute atomic E-state index is 0.0191. The van der Waals surface area contributed by atoms with E-state index in [0.717, 1.165) is 37.3 Å². The molecule has 10 heteroatoms. The zero-order valence-electron chi connectivity index (χ0n) is 17.3. The van der Waals surface area contributed by atoms with Gasteiger partial charge in [0.1, 0.15) is 23.1 Å². The number of imide groups is 1. The fourth-order valence-electron chi connectivity index (χ4n) is 2.88. The summed E-state index contributed by atoms with van der Waals surface area (Å²) >= 11 is 5.97. The van der Waals surface area contributed by atoms with Crippen LogP contribution in [0, 0.1) is 18.6 Å². The van der Waals surface area contributed by atoms with Crippen LogP contribution < -0.4 is 15.4 Å². The van der Waals surface area contributed by atoms with E-state index in [-0.39, 0.29) is 33.3 Å². The molecule has 33 heavy (non-hydrogen) atoms. The lowest BCUT2D eigenvalue weighted by Gasteiger charge is -2.14. The van der Waals surface area contributed by atoms with Crippen molar-refractivity contribution in [2.24, 2.45) is 0 Å². The van der Waals surface area contributed by atoms with Gasteiger partial charge in [-0.3, -0.25) is 10.1 Å². The molecule has 2 N–H and O–H groups in total. The number of rotatable bonds is 5. The van der Waals surface area contributed by atoms with E-state index in [0.29, 0.717) is 5.56 Å². The first-order chi connectivity index (χ1) is 15.5. The first-order valence-electron chi connectivity index (χ1n) is 9.48. The highest BCUT2D eigenvalue weighted by atomic mass is 35.5. The van der Waals surface area contributed by atoms with E-state index in [2.05, 4.69) is 5.32 Å². The van der Waals surface area contributed by atoms with Gasteiger partial charge < -0.3 is 10.1 Å². The van der Waals surface area contributed by atoms with Gasteiger partial charge in [0.2, 0.25) is 0 Å². The van der Waals surface area contributed by atoms with Crippen molar-refractivity contribution >= 4 is 29.2 Å². The predicted molar refractivity (Wildman–Crippen MR) is 115 cm³/mol. The first-order valence-corrected chi connectivity index (χ1v) is 9.86. The van der Waals surface area contributed by atoms with Gasteiger partial charge in [0, 0.05) is 18.6 Å². The van der Waals surface area contributed by atoms with Crippen molar-refractivity contribution in [3.63, 3.8) is 0 Å². The third kappa shape index (κ3) is 5.81. The van der Waals surface area contributed by atoms with Crippen molar-refractivity contribution in [1.82, 2.24) is 5.32 Å². The molecule has 0 unspecified atom stereocenters. The summed E-state index contributed by atoms with van der Waals surface area (Å²) in [6.07, 6.45) is 0. The summed E-state index contributed by atoms with van der Waals surface area (Å²) < 4.78 is 60.5. The summed E-state index contributed by atoms with van der Waals surface area (Å²) in [7, 11) is 0. The Morgan fingerprint density at radius 2 is 1.73 bits per heavy atom. The molecule has 3 amide bonds. The van der Waals surface area contributed by atoms with Gasteiger partial charge in [-0.05, 0) is 48.9 Å². The van der Waals surface area contributed by atoms with Crippen LogP contribution in [0.15, 0.2) is 54.6 Å². The van der Waals surface area contributed by atoms with Crippen molar-refractivity contribution in [3.8, 4) is 11.5 Å². The maximum Gasteiger partial charge on any atom is 0.326 e. The average Bonchev–Trinajstić information content (AvgIpc) is 2.70. The molecule has 0 saturated carbocycles. The number of carbonyl (C=O) groups excluding carboxylic acids is 2. The summed E-state index contributed by atoms with van der Waals surface area (Å²) in [4.78, 5) is 24.2. The fourth-order valence-corrected chi connectivity index (χ4v) is 3.10. The summed E-state index contributed by atoms with van der Waals surface area (Å²) in [5, 5.41) is 3.97. The largest absolute Gasteiger partial charge is 0.456 e. The van der Waals surface area contributed by atoms with Gasteiger partial charge in [-0.1, -0.05) is 23.7 Å². The summed E-state index contributed by atoms with van der Waals surface area (Å²) in [6.45, 7) is 2.23. The monoisotopic (exact) mass is 480 g/mol. The van der Waals surface area contributed by atoms with Gasteiger partial charge in [0.05, 0.1) is 16.3 Å². The topological polar surface area (TPSA) is 67.4 Å². The molecule has 0 aliphatic carbocycles. The number of anilines is 1. The molecule has 172 valence electrons. The lowest BCUT2D eigenvalue weighted by atomic mass is 10.1. The summed E-state index contributed by atoms with van der Waals surface area (Å²) in [6, 6.07) is 9.70. The zero-order valence-corrected chi connectivity index (χ0v) is 18.1. The molecule has 0 radical (unpaired) electrons. The Morgan fingerprint density at radius 3 is 2.33 bits per heavy atom. The predicted octanol–water partition coefficient (Wildman–Crippen LogP) is 6.79. The molecule has 0 aromatic heterocycles. The molecule has 0 fully saturated rings. The zero-order chi connectivity index (χ0) is 24.3. The van der Waals surface area contributed by atoms with E-state index in [9.17, 15) is 27.2 Å². The standard InChI is InChI=1S/C23H17ClF4N2O3/c1-12-4-3-5-16(25)20(12)21(31)30-22(32)29-18-8-7-14(11-17(18)26)33-19-9-6-13(10-15(19)24)23(2,27)28/h3-11H,1-2H3,(H2,29,30,31,32). The molecule has 0 spiro atoms. The van der Waals surface area contributed by atoms with Crippen molar-refractivity contribution in [2.75, 3.05) is 5.32 Å². The molecular formula is C23H17ClF4N2O3. The number of carbonyl (C=O) groups is 2. The molecule has 5 nitrogen and oxygen atoms in total. The number of amides is 3. The Bertz CT molecular complexity index is 1210. The molecule has 3 rings (SSSR count). The number of aryl methyl sites for hydroxylation is 1. The van der Waals surface area contributed by atoms with Crippen LogP contribution in [0.1, 0.15) is 28.4 Å². The van der Waals surface area contributed by atoms with Crippen LogP contribution in [0.4, 0.5) is 28.0 Å². The number of hydrogen-bond acceptors (Lipinski definition) is 3. The number of alkyl halides is 2. The molecule has 0 saturated heterocycles. The van der Waals surface area contributed by atoms with Crippen LogP contribution in [-0.2, 0) is 5.92 Å². The Kier molecular flexibility index (Phi) is 6.92. The third-order valence-corrected chi connectivity index (χ3v) is 4.83. The van der Waals surface area contributed by atoms with Gasteiger partial charge in [-0.2, -0.15) is 0 Å². The number of urea groups is 1. The van der Waals surface area contributed by atoms with Crippen LogP contribution in [-0.4, -0.2) is 11.9 Å². The van der Waals surface area contributed by atoms with Crippen molar-refractivity contribution < 1.29 is 31.9 Å². The van der Waals surface area contributed by atoms with Crippen LogP contribution >= 0.6 is 11.6 Å². The highest BCUT2D eigenvalue weighted by Crippen LogP contribution is 2.36. The molecule has 3 aromatic carbocycles. The fraction of sp³-hybridized carbons (Fsp3) is 0.130. The number of nitrogens with one attached hydrogen (secondary N) is 2. The van der Waals surface area contributed by atoms with E-state index < -0.39 is 29.5 Å². The molecular weight excluding hydrogens is 464 g/mol. The Morgan fingerprint density at radius 1 is 1.00 bits per heavy atom. The minimum atomic E-state index is -3.09. The minimum Gasteiger partial charge on any atom is -0.456 e. The van der Waals surface area contributed by atoms with Gasteiger partial charge in [0.15, 0.2) is 0 Å². The second-order valence-corrected chi connectivity index (χ2v) is 7.52. The van der Waals surface area contributed by atoms with Crippen molar-refractivity contribution in [3.05, 3.63) is 87.9 Å². The summed E-state index contributed by atoms with van der Waals surface area (Å²) in [5.41, 5.74) is -0.579. The van der Waals surface area contributed by atoms with Crippen molar-refractivity contribution in [2.45, 2.75) is 19.8 Å². The molecule has 0 heterocycles. The van der Waals surface area contributed by atoms with Gasteiger partial charge in [-0.25, -0.2) is 22.4 Å². The molecule has 3 aromatic rings. The molecule has 0 bridgehead atoms. The van der Waals surface area contributed by atoms with Crippen molar-refractivity contribution in [1.29, 1.82) is 0 Å². The van der Waals surface area contributed by atoms with Crippen LogP contribution in [0.5, 0.6) is 11.5 Å². The number of hydrogen-bond donors (Lipinski definition) is 2. The maximum atomic E-state index is 14.4. The number of ether oxygens (including phenoxy) is 1. The van der Waals surface area contributed by atoms with Crippen LogP contribution in [0.25, 0.3) is 0 Å². The lowest BCUT2D eigenvalue weighted by Crippen LogP contribution is -2.35. The van der Waals surface area contributed by atoms with E-state index in [1.807, 2.05) is 5.32 Å². The Balaban J connectivity index is 1.68. The SMILES string of the molecule is Cc1cccc(F)c1C(=O)NC(=O)Nc1ccc(Oc2ccc(C(C)(F)F)cc2Cl)cc1F. The number of benzene rings is 3. The first kappa shape index (κ1) is 24.1. The average molecular weight is 481 g/mol. The van der Waals surface area contributed by atoms with Crippen LogP contribution in [0.2, 0.25) is 5.02 Å². The quantitative estimate of drug-likeness (QED) is 0.395. The lowest BCUT2D eigenvalue weighted by molar-refractivity contribution is 0.0174. The molecule has 0 aliphatic rings. The van der Waals surface area contributed by atoms with E-state index in [1.165, 1.54) is 31.2 Å². The van der Waals surface area contributed by atoms with E-state index >= 15 is 0 Å². The maximum absolute atomic E-state index is 14.4. The Hall–Kier alpha value is -3.59. The number of halogens is 5. The highest BCUT2D eigenvalue weighted by molar-refractivity contribution is 6.32. The molecule has 0 atom stereocenters. The third-order valence-electron chi connectivity index (χ3n) is 4.53.